The number of benzene rings is 2. The molecule has 0 radical (unpaired) electrons. The zero-order chi connectivity index (χ0) is 24.9. The topological polar surface area (TPSA) is 0 Å². The third-order valence-corrected chi connectivity index (χ3v) is 11.2. The quantitative estimate of drug-likeness (QED) is 0.379. The fraction of sp³-hybridized carbons (Fsp3) is 0.500. The Morgan fingerprint density at radius 2 is 1.69 bits per heavy atom. The maximum Gasteiger partial charge on any atom is 0.00454 e. The van der Waals surface area contributed by atoms with E-state index >= 15 is 0 Å². The normalized spacial score (nSPS) is 33.2. The molecule has 4 saturated carbocycles. The molecule has 5 aliphatic rings. The van der Waals surface area contributed by atoms with Crippen LogP contribution in [0, 0.1) is 54.8 Å². The third-order valence-electron chi connectivity index (χ3n) is 11.2. The monoisotopic (exact) mass is 474 g/mol. The van der Waals surface area contributed by atoms with Crippen LogP contribution in [0.3, 0.4) is 0 Å². The van der Waals surface area contributed by atoms with Crippen molar-refractivity contribution in [3.05, 3.63) is 88.0 Å². The van der Waals surface area contributed by atoms with E-state index in [0.29, 0.717) is 23.2 Å². The maximum absolute atomic E-state index is 4.57. The van der Waals surface area contributed by atoms with Gasteiger partial charge in [0.1, 0.15) is 0 Å². The zero-order valence-electron chi connectivity index (χ0n) is 22.8. The lowest BCUT2D eigenvalue weighted by Gasteiger charge is -2.25. The molecule has 0 amide bonds. The Balaban J connectivity index is 1.17. The molecule has 0 aromatic heterocycles. The van der Waals surface area contributed by atoms with Gasteiger partial charge < -0.3 is 0 Å². The molecule has 0 heteroatoms. The number of fused-ring (bicyclic) bond motifs is 4. The van der Waals surface area contributed by atoms with Crippen LogP contribution in [0.25, 0.3) is 17.2 Å². The SMILES string of the molecule is C=C1C(CC2=Cc3cccc(-c4cc(C)cc(C)c4C[C@@H]4C[C@H]5CC[C@@H]4C5)c3C2)C(=C)C2C1C2(C)C. The van der Waals surface area contributed by atoms with Crippen molar-refractivity contribution in [1.29, 1.82) is 0 Å². The van der Waals surface area contributed by atoms with Crippen LogP contribution in [-0.2, 0) is 12.8 Å². The van der Waals surface area contributed by atoms with Gasteiger partial charge in [-0.15, -0.1) is 0 Å². The van der Waals surface area contributed by atoms with Crippen molar-refractivity contribution in [2.24, 2.45) is 40.9 Å². The molecule has 2 unspecified atom stereocenters. The molecule has 36 heavy (non-hydrogen) atoms. The number of aryl methyl sites for hydroxylation is 2. The van der Waals surface area contributed by atoms with Crippen LogP contribution in [0.5, 0.6) is 0 Å². The largest absolute Gasteiger partial charge is 0.0989 e. The Morgan fingerprint density at radius 3 is 2.39 bits per heavy atom. The molecule has 2 bridgehead atoms. The smallest absolute Gasteiger partial charge is 0.00454 e. The molecule has 2 aromatic rings. The molecule has 5 aliphatic carbocycles. The first kappa shape index (κ1) is 22.8. The van der Waals surface area contributed by atoms with Crippen LogP contribution < -0.4 is 0 Å². The first-order valence-electron chi connectivity index (χ1n) is 14.5. The van der Waals surface area contributed by atoms with Gasteiger partial charge in [0.05, 0.1) is 0 Å². The zero-order valence-corrected chi connectivity index (χ0v) is 22.8. The summed E-state index contributed by atoms with van der Waals surface area (Å²) in [7, 11) is 0. The summed E-state index contributed by atoms with van der Waals surface area (Å²) >= 11 is 0. The van der Waals surface area contributed by atoms with Crippen molar-refractivity contribution in [3.8, 4) is 11.1 Å². The molecule has 0 saturated heterocycles. The minimum atomic E-state index is 0.392. The summed E-state index contributed by atoms with van der Waals surface area (Å²) in [6.07, 6.45) is 11.9. The van der Waals surface area contributed by atoms with E-state index in [4.69, 9.17) is 0 Å². The number of hydrogen-bond acceptors (Lipinski definition) is 0. The van der Waals surface area contributed by atoms with Crippen molar-refractivity contribution in [1.82, 2.24) is 0 Å². The van der Waals surface area contributed by atoms with Gasteiger partial charge in [0.15, 0.2) is 0 Å². The van der Waals surface area contributed by atoms with Crippen molar-refractivity contribution >= 4 is 6.08 Å². The standard InChI is InChI=1S/C36H42/c1-20-12-21(2)30(19-28-15-24-10-11-26(28)14-24)33(13-20)29-9-7-8-27-16-25(18-32(27)29)17-31-22(3)34-35(23(31)4)36(34,5)6/h7-9,12-13,16,24,26,28,31,34-35H,3-4,10-11,14-15,17-19H2,1-2,5-6H3/t24-,26+,28-,31?,34?,35?/m0/s1. The number of rotatable bonds is 5. The molecule has 0 aliphatic heterocycles. The summed E-state index contributed by atoms with van der Waals surface area (Å²) in [4.78, 5) is 0. The summed E-state index contributed by atoms with van der Waals surface area (Å²) in [5.41, 5.74) is 15.4. The average Bonchev–Trinajstić information content (AvgIpc) is 3.37. The van der Waals surface area contributed by atoms with E-state index in [-0.39, 0.29) is 0 Å². The van der Waals surface area contributed by atoms with Crippen LogP contribution >= 0.6 is 0 Å². The molecule has 0 heterocycles. The van der Waals surface area contributed by atoms with Gasteiger partial charge in [-0.05, 0) is 121 Å². The Morgan fingerprint density at radius 1 is 0.917 bits per heavy atom. The number of allylic oxidation sites excluding steroid dienone is 3. The van der Waals surface area contributed by atoms with Crippen LogP contribution in [0.2, 0.25) is 0 Å². The van der Waals surface area contributed by atoms with E-state index in [1.807, 2.05) is 0 Å². The molecule has 0 nitrogen and oxygen atoms in total. The lowest BCUT2D eigenvalue weighted by molar-refractivity contribution is 0.331. The van der Waals surface area contributed by atoms with E-state index in [0.717, 1.165) is 30.6 Å². The van der Waals surface area contributed by atoms with Crippen molar-refractivity contribution in [3.63, 3.8) is 0 Å². The van der Waals surface area contributed by atoms with E-state index < -0.39 is 0 Å². The molecular formula is C36H42. The highest BCUT2D eigenvalue weighted by atomic mass is 14.7. The minimum absolute atomic E-state index is 0.392. The van der Waals surface area contributed by atoms with Gasteiger partial charge >= 0.3 is 0 Å². The average molecular weight is 475 g/mol. The number of hydrogen-bond donors (Lipinski definition) is 0. The van der Waals surface area contributed by atoms with E-state index in [1.54, 1.807) is 16.7 Å². The van der Waals surface area contributed by atoms with Crippen LogP contribution in [0.15, 0.2) is 60.2 Å². The molecular weight excluding hydrogens is 432 g/mol. The fourth-order valence-corrected chi connectivity index (χ4v) is 9.43. The summed E-state index contributed by atoms with van der Waals surface area (Å²) in [6, 6.07) is 11.9. The molecule has 186 valence electrons. The highest BCUT2D eigenvalue weighted by Gasteiger charge is 2.65. The van der Waals surface area contributed by atoms with Gasteiger partial charge in [-0.25, -0.2) is 0 Å². The van der Waals surface area contributed by atoms with Gasteiger partial charge in [-0.1, -0.05) is 92.1 Å². The van der Waals surface area contributed by atoms with Crippen molar-refractivity contribution in [2.45, 2.75) is 72.6 Å². The molecule has 5 atom stereocenters. The van der Waals surface area contributed by atoms with E-state index in [9.17, 15) is 0 Å². The van der Waals surface area contributed by atoms with Crippen molar-refractivity contribution < 1.29 is 0 Å². The summed E-state index contributed by atoms with van der Waals surface area (Å²) in [6.45, 7) is 18.6. The molecule has 2 aromatic carbocycles. The fourth-order valence-electron chi connectivity index (χ4n) is 9.43. The maximum atomic E-state index is 4.57. The Labute approximate surface area is 218 Å². The molecule has 4 fully saturated rings. The summed E-state index contributed by atoms with van der Waals surface area (Å²) < 4.78 is 0. The van der Waals surface area contributed by atoms with Crippen LogP contribution in [-0.4, -0.2) is 0 Å². The Bertz CT molecular complexity index is 1310. The minimum Gasteiger partial charge on any atom is -0.0989 e. The highest BCUT2D eigenvalue weighted by molar-refractivity contribution is 5.80. The third kappa shape index (κ3) is 3.32. The summed E-state index contributed by atoms with van der Waals surface area (Å²) in [5, 5.41) is 0. The summed E-state index contributed by atoms with van der Waals surface area (Å²) in [5.74, 6) is 4.69. The Kier molecular flexibility index (Phi) is 4.96. The first-order chi connectivity index (χ1) is 17.2. The predicted molar refractivity (Wildman–Crippen MR) is 153 cm³/mol. The van der Waals surface area contributed by atoms with Crippen LogP contribution in [0.4, 0.5) is 0 Å². The van der Waals surface area contributed by atoms with Gasteiger partial charge in [0.25, 0.3) is 0 Å². The molecule has 7 rings (SSSR count). The van der Waals surface area contributed by atoms with Crippen molar-refractivity contribution in [2.75, 3.05) is 0 Å². The second-order valence-electron chi connectivity index (χ2n) is 13.8. The Hall–Kier alpha value is -2.34. The highest BCUT2D eigenvalue weighted by Crippen LogP contribution is 2.72. The first-order valence-corrected chi connectivity index (χ1v) is 14.5. The molecule has 0 spiro atoms. The predicted octanol–water partition coefficient (Wildman–Crippen LogP) is 9.29. The van der Waals surface area contributed by atoms with E-state index in [1.165, 1.54) is 71.1 Å². The van der Waals surface area contributed by atoms with Gasteiger partial charge in [-0.2, -0.15) is 0 Å². The molecule has 0 N–H and O–H groups in total. The lowest BCUT2D eigenvalue weighted by atomic mass is 9.80. The van der Waals surface area contributed by atoms with Gasteiger partial charge in [0, 0.05) is 5.92 Å². The second kappa shape index (κ2) is 7.83. The van der Waals surface area contributed by atoms with Crippen LogP contribution in [0.1, 0.15) is 73.8 Å². The second-order valence-corrected chi connectivity index (χ2v) is 13.8. The lowest BCUT2D eigenvalue weighted by Crippen LogP contribution is -2.14. The van der Waals surface area contributed by atoms with E-state index in [2.05, 4.69) is 77.3 Å². The van der Waals surface area contributed by atoms with Gasteiger partial charge in [0.2, 0.25) is 0 Å². The van der Waals surface area contributed by atoms with Gasteiger partial charge in [-0.3, -0.25) is 0 Å².